The number of ether oxygens (including phenoxy) is 2. The molecule has 2 rings (SSSR count). The molecular weight excluding hydrogens is 268 g/mol. The fourth-order valence-electron chi connectivity index (χ4n) is 1.88. The van der Waals surface area contributed by atoms with Crippen molar-refractivity contribution in [1.29, 1.82) is 0 Å². The predicted molar refractivity (Wildman–Crippen MR) is 86.0 cm³/mol. The Morgan fingerprint density at radius 1 is 1.35 bits per heavy atom. The minimum Gasteiger partial charge on any atom is -0.490 e. The van der Waals surface area contributed by atoms with Crippen LogP contribution >= 0.6 is 11.8 Å². The third-order valence-corrected chi connectivity index (χ3v) is 4.52. The van der Waals surface area contributed by atoms with E-state index in [-0.39, 0.29) is 5.41 Å². The van der Waals surface area contributed by atoms with Crippen LogP contribution in [0.3, 0.4) is 0 Å². The van der Waals surface area contributed by atoms with Crippen molar-refractivity contribution >= 4 is 11.8 Å². The molecule has 2 nitrogen and oxygen atoms in total. The molecule has 1 unspecified atom stereocenters. The first-order valence-electron chi connectivity index (χ1n) is 7.52. The lowest BCUT2D eigenvalue weighted by molar-refractivity contribution is 0.258. The highest BCUT2D eigenvalue weighted by Crippen LogP contribution is 2.35. The molecule has 0 spiro atoms. The van der Waals surface area contributed by atoms with Gasteiger partial charge in [0.15, 0.2) is 0 Å². The molecule has 1 aromatic carbocycles. The Morgan fingerprint density at radius 2 is 2.10 bits per heavy atom. The first kappa shape index (κ1) is 15.7. The molecule has 0 aliphatic carbocycles. The van der Waals surface area contributed by atoms with E-state index in [0.29, 0.717) is 12.7 Å². The fourth-order valence-corrected chi connectivity index (χ4v) is 3.01. The van der Waals surface area contributed by atoms with Crippen LogP contribution in [0.4, 0.5) is 0 Å². The zero-order valence-corrected chi connectivity index (χ0v) is 13.9. The maximum Gasteiger partial charge on any atom is 0.133 e. The molecule has 1 aromatic rings. The maximum absolute atomic E-state index is 5.91. The van der Waals surface area contributed by atoms with Crippen LogP contribution in [0.5, 0.6) is 5.75 Å². The van der Waals surface area contributed by atoms with Gasteiger partial charge in [-0.2, -0.15) is 0 Å². The van der Waals surface area contributed by atoms with E-state index in [1.54, 1.807) is 0 Å². The third-order valence-electron chi connectivity index (χ3n) is 3.39. The number of thioether (sulfide) groups is 1. The van der Waals surface area contributed by atoms with Gasteiger partial charge in [0.1, 0.15) is 18.5 Å². The number of epoxide rings is 1. The van der Waals surface area contributed by atoms with Crippen molar-refractivity contribution in [1.82, 2.24) is 0 Å². The van der Waals surface area contributed by atoms with Crippen LogP contribution in [-0.2, 0) is 10.2 Å². The Balaban J connectivity index is 2.10. The lowest BCUT2D eigenvalue weighted by Crippen LogP contribution is -2.12. The molecule has 1 aliphatic rings. The van der Waals surface area contributed by atoms with Crippen molar-refractivity contribution in [3.05, 3.63) is 23.8 Å². The number of hydrogen-bond acceptors (Lipinski definition) is 3. The largest absolute Gasteiger partial charge is 0.490 e. The Bertz CT molecular complexity index is 433. The van der Waals surface area contributed by atoms with Gasteiger partial charge in [0.05, 0.1) is 6.61 Å². The Kier molecular flexibility index (Phi) is 5.39. The average Bonchev–Trinajstić information content (AvgIpc) is 3.20. The highest BCUT2D eigenvalue weighted by molar-refractivity contribution is 7.99. The Morgan fingerprint density at radius 3 is 2.70 bits per heavy atom. The van der Waals surface area contributed by atoms with Crippen LogP contribution in [-0.4, -0.2) is 25.1 Å². The van der Waals surface area contributed by atoms with Gasteiger partial charge >= 0.3 is 0 Å². The van der Waals surface area contributed by atoms with Crippen molar-refractivity contribution in [2.24, 2.45) is 0 Å². The molecule has 0 aromatic heterocycles. The monoisotopic (exact) mass is 294 g/mol. The van der Waals surface area contributed by atoms with E-state index < -0.39 is 0 Å². The summed E-state index contributed by atoms with van der Waals surface area (Å²) in [6, 6.07) is 6.60. The van der Waals surface area contributed by atoms with Crippen LogP contribution in [0.1, 0.15) is 46.1 Å². The smallest absolute Gasteiger partial charge is 0.133 e. The van der Waals surface area contributed by atoms with Gasteiger partial charge in [-0.1, -0.05) is 40.2 Å². The van der Waals surface area contributed by atoms with Gasteiger partial charge in [0.25, 0.3) is 0 Å². The van der Waals surface area contributed by atoms with Crippen molar-refractivity contribution in [2.75, 3.05) is 19.0 Å². The normalized spacial score (nSPS) is 18.1. The third kappa shape index (κ3) is 4.71. The standard InChI is InChI=1S/C17H26O2S/c1-5-6-9-20-16-10-13(17(2,3)4)7-8-15(16)19-12-14-11-18-14/h7-8,10,14H,5-6,9,11-12H2,1-4H3. The first-order chi connectivity index (χ1) is 9.50. The zero-order chi connectivity index (χ0) is 14.6. The second-order valence-corrected chi connectivity index (χ2v) is 7.52. The van der Waals surface area contributed by atoms with Gasteiger partial charge in [-0.3, -0.25) is 0 Å². The molecule has 1 aliphatic heterocycles. The molecule has 1 atom stereocenters. The predicted octanol–water partition coefficient (Wildman–Crippen LogP) is 4.65. The summed E-state index contributed by atoms with van der Waals surface area (Å²) in [5.41, 5.74) is 1.55. The van der Waals surface area contributed by atoms with Crippen LogP contribution < -0.4 is 4.74 Å². The molecule has 112 valence electrons. The van der Waals surface area contributed by atoms with E-state index in [0.717, 1.165) is 18.1 Å². The molecule has 0 amide bonds. The molecule has 0 bridgehead atoms. The van der Waals surface area contributed by atoms with Crippen LogP contribution in [0.2, 0.25) is 0 Å². The summed E-state index contributed by atoms with van der Waals surface area (Å²) in [5.74, 6) is 2.16. The summed E-state index contributed by atoms with van der Waals surface area (Å²) in [7, 11) is 0. The molecule has 0 radical (unpaired) electrons. The maximum atomic E-state index is 5.91. The molecule has 0 N–H and O–H groups in total. The summed E-state index contributed by atoms with van der Waals surface area (Å²) in [6.45, 7) is 10.5. The van der Waals surface area contributed by atoms with Crippen molar-refractivity contribution in [3.63, 3.8) is 0 Å². The highest BCUT2D eigenvalue weighted by atomic mass is 32.2. The summed E-state index contributed by atoms with van der Waals surface area (Å²) in [5, 5.41) is 0. The fraction of sp³-hybridized carbons (Fsp3) is 0.647. The first-order valence-corrected chi connectivity index (χ1v) is 8.51. The minimum atomic E-state index is 0.179. The molecule has 3 heteroatoms. The van der Waals surface area contributed by atoms with E-state index >= 15 is 0 Å². The quantitative estimate of drug-likeness (QED) is 0.415. The van der Waals surface area contributed by atoms with Gasteiger partial charge in [0.2, 0.25) is 0 Å². The number of rotatable bonds is 7. The summed E-state index contributed by atoms with van der Waals surface area (Å²) in [6.07, 6.45) is 2.79. The SMILES string of the molecule is CCCCSc1cc(C(C)(C)C)ccc1OCC1CO1. The van der Waals surface area contributed by atoms with E-state index in [2.05, 4.69) is 45.9 Å². The van der Waals surface area contributed by atoms with Gasteiger partial charge in [-0.05, 0) is 35.3 Å². The number of hydrogen-bond donors (Lipinski definition) is 0. The zero-order valence-electron chi connectivity index (χ0n) is 13.1. The van der Waals surface area contributed by atoms with Crippen molar-refractivity contribution in [2.45, 2.75) is 57.0 Å². The van der Waals surface area contributed by atoms with Gasteiger partial charge in [-0.15, -0.1) is 11.8 Å². The second-order valence-electron chi connectivity index (χ2n) is 6.38. The molecule has 1 fully saturated rings. The van der Waals surface area contributed by atoms with E-state index in [4.69, 9.17) is 9.47 Å². The average molecular weight is 294 g/mol. The molecular formula is C17H26O2S. The molecule has 0 saturated carbocycles. The van der Waals surface area contributed by atoms with Crippen molar-refractivity contribution in [3.8, 4) is 5.75 Å². The second kappa shape index (κ2) is 6.86. The highest BCUT2D eigenvalue weighted by Gasteiger charge is 2.24. The molecule has 20 heavy (non-hydrogen) atoms. The van der Waals surface area contributed by atoms with Crippen molar-refractivity contribution < 1.29 is 9.47 Å². The van der Waals surface area contributed by atoms with E-state index in [1.165, 1.54) is 23.3 Å². The lowest BCUT2D eigenvalue weighted by Gasteiger charge is -2.21. The van der Waals surface area contributed by atoms with Crippen LogP contribution in [0.15, 0.2) is 23.1 Å². The van der Waals surface area contributed by atoms with E-state index in [1.807, 2.05) is 11.8 Å². The Labute approximate surface area is 127 Å². The van der Waals surface area contributed by atoms with Gasteiger partial charge < -0.3 is 9.47 Å². The van der Waals surface area contributed by atoms with Gasteiger partial charge in [0, 0.05) is 4.90 Å². The van der Waals surface area contributed by atoms with Gasteiger partial charge in [-0.25, -0.2) is 0 Å². The van der Waals surface area contributed by atoms with Crippen LogP contribution in [0, 0.1) is 0 Å². The summed E-state index contributed by atoms with van der Waals surface area (Å²) >= 11 is 1.91. The summed E-state index contributed by atoms with van der Waals surface area (Å²) in [4.78, 5) is 1.27. The summed E-state index contributed by atoms with van der Waals surface area (Å²) < 4.78 is 11.1. The minimum absolute atomic E-state index is 0.179. The number of unbranched alkanes of at least 4 members (excludes halogenated alkanes) is 1. The van der Waals surface area contributed by atoms with E-state index in [9.17, 15) is 0 Å². The molecule has 1 saturated heterocycles. The molecule has 1 heterocycles. The lowest BCUT2D eigenvalue weighted by atomic mass is 9.87. The van der Waals surface area contributed by atoms with Crippen LogP contribution in [0.25, 0.3) is 0 Å². The Hall–Kier alpha value is -0.670. The topological polar surface area (TPSA) is 21.8 Å². The number of benzene rings is 1.